The topological polar surface area (TPSA) is 75.7 Å². The van der Waals surface area contributed by atoms with Gasteiger partial charge < -0.3 is 10.1 Å². The van der Waals surface area contributed by atoms with Gasteiger partial charge in [0.25, 0.3) is 0 Å². The summed E-state index contributed by atoms with van der Waals surface area (Å²) in [6.07, 6.45) is 2.14. The van der Waals surface area contributed by atoms with Crippen LogP contribution >= 0.6 is 0 Å². The van der Waals surface area contributed by atoms with E-state index in [1.165, 1.54) is 23.5 Å². The predicted molar refractivity (Wildman–Crippen MR) is 103 cm³/mol. The number of piperidine rings is 1. The van der Waals surface area contributed by atoms with Gasteiger partial charge in [0, 0.05) is 13.6 Å². The van der Waals surface area contributed by atoms with Gasteiger partial charge >= 0.3 is 0 Å². The molecule has 1 fully saturated rings. The number of benzene rings is 2. The minimum Gasteiger partial charge on any atom is -0.489 e. The number of carbonyl (C=O) groups excluding carboxylic acids is 1. The molecule has 0 radical (unpaired) electrons. The number of nitrogens with one attached hydrogen (secondary N) is 1. The summed E-state index contributed by atoms with van der Waals surface area (Å²) in [6, 6.07) is 15.5. The van der Waals surface area contributed by atoms with Crippen LogP contribution < -0.4 is 10.1 Å². The van der Waals surface area contributed by atoms with E-state index in [1.54, 1.807) is 12.1 Å². The van der Waals surface area contributed by atoms with Crippen molar-refractivity contribution in [1.29, 1.82) is 0 Å². The predicted octanol–water partition coefficient (Wildman–Crippen LogP) is 2.55. The molecule has 1 unspecified atom stereocenters. The molecule has 2 aromatic rings. The fourth-order valence-corrected chi connectivity index (χ4v) is 4.86. The second-order valence-corrected chi connectivity index (χ2v) is 8.38. The Labute approximate surface area is 160 Å². The third-order valence-corrected chi connectivity index (χ3v) is 6.60. The molecule has 1 aliphatic heterocycles. The van der Waals surface area contributed by atoms with Crippen molar-refractivity contribution in [2.24, 2.45) is 0 Å². The number of sulfonamides is 1. The normalized spacial score (nSPS) is 18.0. The maximum Gasteiger partial charge on any atom is 0.243 e. The van der Waals surface area contributed by atoms with E-state index in [4.69, 9.17) is 4.74 Å². The molecule has 1 saturated heterocycles. The first-order valence-electron chi connectivity index (χ1n) is 9.02. The number of rotatable bonds is 6. The number of likely N-dealkylation sites (N-methyl/N-ethyl adjacent to an activating group) is 1. The Kier molecular flexibility index (Phi) is 6.13. The molecule has 144 valence electrons. The third-order valence-electron chi connectivity index (χ3n) is 4.68. The lowest BCUT2D eigenvalue weighted by atomic mass is 10.0. The van der Waals surface area contributed by atoms with Crippen molar-refractivity contribution in [3.8, 4) is 5.75 Å². The molecule has 0 saturated carbocycles. The van der Waals surface area contributed by atoms with Gasteiger partial charge in [-0.05, 0) is 42.7 Å². The van der Waals surface area contributed by atoms with Gasteiger partial charge in [0.2, 0.25) is 15.9 Å². The summed E-state index contributed by atoms with van der Waals surface area (Å²) in [5, 5.41) is 2.56. The summed E-state index contributed by atoms with van der Waals surface area (Å²) in [4.78, 5) is 12.3. The first-order valence-corrected chi connectivity index (χ1v) is 10.5. The largest absolute Gasteiger partial charge is 0.489 e. The molecule has 1 N–H and O–H groups in total. The van der Waals surface area contributed by atoms with E-state index < -0.39 is 16.1 Å². The maximum atomic E-state index is 13.0. The van der Waals surface area contributed by atoms with Crippen LogP contribution in [0.1, 0.15) is 24.8 Å². The Morgan fingerprint density at radius 3 is 2.48 bits per heavy atom. The summed E-state index contributed by atoms with van der Waals surface area (Å²) in [6.45, 7) is 0.768. The summed E-state index contributed by atoms with van der Waals surface area (Å²) >= 11 is 0. The van der Waals surface area contributed by atoms with Crippen molar-refractivity contribution in [1.82, 2.24) is 9.62 Å². The van der Waals surface area contributed by atoms with Crippen LogP contribution in [0.5, 0.6) is 5.75 Å². The van der Waals surface area contributed by atoms with Crippen molar-refractivity contribution >= 4 is 15.9 Å². The van der Waals surface area contributed by atoms with Crippen LogP contribution in [0.25, 0.3) is 0 Å². The van der Waals surface area contributed by atoms with Crippen LogP contribution in [0, 0.1) is 0 Å². The lowest BCUT2D eigenvalue weighted by molar-refractivity contribution is -0.125. The molecule has 0 bridgehead atoms. The van der Waals surface area contributed by atoms with Crippen molar-refractivity contribution in [2.45, 2.75) is 36.8 Å². The monoisotopic (exact) mass is 388 g/mol. The van der Waals surface area contributed by atoms with Crippen LogP contribution in [-0.2, 0) is 21.4 Å². The van der Waals surface area contributed by atoms with Crippen LogP contribution in [0.2, 0.25) is 0 Å². The smallest absolute Gasteiger partial charge is 0.243 e. The van der Waals surface area contributed by atoms with Crippen molar-refractivity contribution in [3.05, 3.63) is 60.2 Å². The molecule has 2 aromatic carbocycles. The highest BCUT2D eigenvalue weighted by Gasteiger charge is 2.37. The summed E-state index contributed by atoms with van der Waals surface area (Å²) in [5.41, 5.74) is 1.04. The van der Waals surface area contributed by atoms with Gasteiger partial charge in [-0.2, -0.15) is 4.31 Å². The first-order chi connectivity index (χ1) is 13.0. The van der Waals surface area contributed by atoms with Gasteiger partial charge in [0.1, 0.15) is 18.4 Å². The number of hydrogen-bond acceptors (Lipinski definition) is 4. The molecule has 7 heteroatoms. The Morgan fingerprint density at radius 1 is 1.11 bits per heavy atom. The van der Waals surface area contributed by atoms with E-state index in [9.17, 15) is 13.2 Å². The molecule has 0 aromatic heterocycles. The molecule has 0 aliphatic carbocycles. The number of ether oxygens (including phenoxy) is 1. The highest BCUT2D eigenvalue weighted by atomic mass is 32.2. The highest BCUT2D eigenvalue weighted by molar-refractivity contribution is 7.89. The Morgan fingerprint density at radius 2 is 1.81 bits per heavy atom. The second kappa shape index (κ2) is 8.54. The molecular weight excluding hydrogens is 364 g/mol. The lowest BCUT2D eigenvalue weighted by Crippen LogP contribution is -2.51. The third kappa shape index (κ3) is 4.48. The van der Waals surface area contributed by atoms with E-state index in [0.717, 1.165) is 18.4 Å². The zero-order valence-corrected chi connectivity index (χ0v) is 16.1. The van der Waals surface area contributed by atoms with E-state index in [0.29, 0.717) is 25.3 Å². The van der Waals surface area contributed by atoms with E-state index >= 15 is 0 Å². The highest BCUT2D eigenvalue weighted by Crippen LogP contribution is 2.27. The van der Waals surface area contributed by atoms with Gasteiger partial charge in [-0.3, -0.25) is 4.79 Å². The van der Waals surface area contributed by atoms with Gasteiger partial charge in [0.15, 0.2) is 0 Å². The van der Waals surface area contributed by atoms with Crippen molar-refractivity contribution in [3.63, 3.8) is 0 Å². The zero-order chi connectivity index (χ0) is 19.3. The minimum absolute atomic E-state index is 0.172. The number of amides is 1. The average molecular weight is 388 g/mol. The Balaban J connectivity index is 1.73. The van der Waals surface area contributed by atoms with Crippen molar-refractivity contribution in [2.75, 3.05) is 13.6 Å². The minimum atomic E-state index is -3.73. The van der Waals surface area contributed by atoms with Crippen LogP contribution in [0.4, 0.5) is 0 Å². The average Bonchev–Trinajstić information content (AvgIpc) is 2.72. The summed E-state index contributed by atoms with van der Waals surface area (Å²) in [5.74, 6) is 0.334. The SMILES string of the molecule is CNC(=O)C1CCCCN1S(=O)(=O)c1ccc(OCc2ccccc2)cc1. The zero-order valence-electron chi connectivity index (χ0n) is 15.3. The van der Waals surface area contributed by atoms with Crippen LogP contribution in [0.3, 0.4) is 0 Å². The van der Waals surface area contributed by atoms with Gasteiger partial charge in [-0.25, -0.2) is 8.42 Å². The standard InChI is InChI=1S/C20H24N2O4S/c1-21-20(23)19-9-5-6-14-22(19)27(24,25)18-12-10-17(11-13-18)26-15-16-7-3-2-4-8-16/h2-4,7-8,10-13,19H,5-6,9,14-15H2,1H3,(H,21,23). The quantitative estimate of drug-likeness (QED) is 0.825. The Bertz CT molecular complexity index is 867. The number of nitrogens with zero attached hydrogens (tertiary/aromatic N) is 1. The molecule has 1 heterocycles. The maximum absolute atomic E-state index is 13.0. The molecule has 1 atom stereocenters. The fourth-order valence-electron chi connectivity index (χ4n) is 3.21. The van der Waals surface area contributed by atoms with Crippen molar-refractivity contribution < 1.29 is 17.9 Å². The summed E-state index contributed by atoms with van der Waals surface area (Å²) < 4.78 is 33.1. The van der Waals surface area contributed by atoms with E-state index in [2.05, 4.69) is 5.32 Å². The lowest BCUT2D eigenvalue weighted by Gasteiger charge is -2.33. The van der Waals surface area contributed by atoms with Crippen LogP contribution in [0.15, 0.2) is 59.5 Å². The first kappa shape index (κ1) is 19.4. The van der Waals surface area contributed by atoms with Crippen LogP contribution in [-0.4, -0.2) is 38.3 Å². The molecule has 6 nitrogen and oxygen atoms in total. The molecule has 1 amide bonds. The molecule has 3 rings (SSSR count). The fraction of sp³-hybridized carbons (Fsp3) is 0.350. The van der Waals surface area contributed by atoms with Gasteiger partial charge in [-0.15, -0.1) is 0 Å². The van der Waals surface area contributed by atoms with Gasteiger partial charge in [-0.1, -0.05) is 36.8 Å². The molecule has 0 spiro atoms. The Hall–Kier alpha value is -2.38. The molecule has 27 heavy (non-hydrogen) atoms. The van der Waals surface area contributed by atoms with E-state index in [-0.39, 0.29) is 10.8 Å². The van der Waals surface area contributed by atoms with E-state index in [1.807, 2.05) is 30.3 Å². The van der Waals surface area contributed by atoms with Gasteiger partial charge in [0.05, 0.1) is 4.90 Å². The molecule has 1 aliphatic rings. The number of hydrogen-bond donors (Lipinski definition) is 1. The second-order valence-electron chi connectivity index (χ2n) is 6.49. The summed E-state index contributed by atoms with van der Waals surface area (Å²) in [7, 11) is -2.20. The number of carbonyl (C=O) groups is 1. The molecular formula is C20H24N2O4S.